The maximum Gasteiger partial charge on any atom is 1.00 e. The van der Waals surface area contributed by atoms with Gasteiger partial charge < -0.3 is 15.5 Å². The molecule has 76 valence electrons. The Morgan fingerprint density at radius 1 is 1.14 bits per heavy atom. The Kier molecular flexibility index (Phi) is 13.2. The molecule has 0 radical (unpaired) electrons. The van der Waals surface area contributed by atoms with Gasteiger partial charge >= 0.3 is 29.6 Å². The fourth-order valence-corrected chi connectivity index (χ4v) is 1.34. The number of benzene rings is 1. The van der Waals surface area contributed by atoms with E-state index >= 15 is 0 Å². The van der Waals surface area contributed by atoms with Crippen LogP contribution in [0.3, 0.4) is 0 Å². The largest absolute Gasteiger partial charge is 1.00 e. The Hall–Kier alpha value is 0.830. The summed E-state index contributed by atoms with van der Waals surface area (Å²) >= 11 is 8.86. The van der Waals surface area contributed by atoms with Crippen LogP contribution in [0.4, 0.5) is 0 Å². The van der Waals surface area contributed by atoms with Crippen LogP contribution in [0.15, 0.2) is 23.1 Å². The quantitative estimate of drug-likeness (QED) is 0.418. The van der Waals surface area contributed by atoms with Crippen molar-refractivity contribution in [3.8, 4) is 0 Å². The summed E-state index contributed by atoms with van der Waals surface area (Å²) in [4.78, 5) is 0.138. The Balaban J connectivity index is -0.000000403. The number of rotatable bonds is 1. The molecule has 0 heterocycles. The molecule has 1 rings (SSSR count). The second-order valence-corrected chi connectivity index (χ2v) is 3.57. The molecule has 14 heavy (non-hydrogen) atoms. The molecule has 4 N–H and O–H groups in total. The molecule has 4 nitrogen and oxygen atoms in total. The van der Waals surface area contributed by atoms with Gasteiger partial charge in [-0.3, -0.25) is 4.21 Å². The first-order valence-electron chi connectivity index (χ1n) is 2.65. The van der Waals surface area contributed by atoms with E-state index in [1.54, 1.807) is 0 Å². The normalized spacial score (nSPS) is 10.2. The molecule has 0 aliphatic rings. The molecular weight excluding hydrogens is 262 g/mol. The molecule has 8 heteroatoms. The smallest absolute Gasteiger partial charge is 0.768 e. The van der Waals surface area contributed by atoms with Crippen LogP contribution in [0.2, 0.25) is 10.0 Å². The number of hydrogen-bond donors (Lipinski definition) is 0. The van der Waals surface area contributed by atoms with E-state index in [1.807, 2.05) is 0 Å². The summed E-state index contributed by atoms with van der Waals surface area (Å²) < 4.78 is 20.7. The van der Waals surface area contributed by atoms with Crippen molar-refractivity contribution in [1.82, 2.24) is 0 Å². The molecule has 0 amide bonds. The minimum atomic E-state index is -2.24. The van der Waals surface area contributed by atoms with Crippen molar-refractivity contribution in [2.75, 3.05) is 0 Å². The van der Waals surface area contributed by atoms with Crippen molar-refractivity contribution in [1.29, 1.82) is 0 Å². The molecule has 0 aromatic heterocycles. The van der Waals surface area contributed by atoms with Gasteiger partial charge in [-0.15, -0.1) is 0 Å². The van der Waals surface area contributed by atoms with Crippen LogP contribution < -0.4 is 29.6 Å². The van der Waals surface area contributed by atoms with Gasteiger partial charge in [-0.1, -0.05) is 23.2 Å². The predicted octanol–water partition coefficient (Wildman–Crippen LogP) is -2.41. The standard InChI is InChI=1S/C6H4Cl2O2S.Na.2H2O/c7-5-2-1-4(11(9)10)3-6(5)8;;;/h1-3H,(H,9,10);;2*1H2/q;+1;;/p-1. The summed E-state index contributed by atoms with van der Waals surface area (Å²) in [5, 5.41) is 0.592. The van der Waals surface area contributed by atoms with Gasteiger partial charge in [-0.05, 0) is 29.3 Å². The third kappa shape index (κ3) is 5.65. The molecule has 0 spiro atoms. The van der Waals surface area contributed by atoms with E-state index < -0.39 is 11.1 Å². The molecule has 0 saturated carbocycles. The zero-order valence-corrected chi connectivity index (χ0v) is 11.5. The van der Waals surface area contributed by atoms with Crippen LogP contribution in [0.1, 0.15) is 0 Å². The molecule has 1 aromatic rings. The van der Waals surface area contributed by atoms with Crippen LogP contribution in [-0.4, -0.2) is 19.7 Å². The zero-order valence-electron chi connectivity index (χ0n) is 7.21. The summed E-state index contributed by atoms with van der Waals surface area (Å²) in [6.45, 7) is 0. The van der Waals surface area contributed by atoms with Crippen molar-refractivity contribution in [3.05, 3.63) is 28.2 Å². The summed E-state index contributed by atoms with van der Waals surface area (Å²) in [6, 6.07) is 4.12. The Morgan fingerprint density at radius 3 is 2.00 bits per heavy atom. The number of hydrogen-bond acceptors (Lipinski definition) is 2. The molecule has 0 fully saturated rings. The van der Waals surface area contributed by atoms with Crippen molar-refractivity contribution in [2.24, 2.45) is 0 Å². The molecule has 0 bridgehead atoms. The molecule has 0 saturated heterocycles. The van der Waals surface area contributed by atoms with E-state index in [2.05, 4.69) is 0 Å². The monoisotopic (exact) mass is 268 g/mol. The third-order valence-electron chi connectivity index (χ3n) is 1.08. The molecule has 0 aliphatic carbocycles. The predicted molar refractivity (Wildman–Crippen MR) is 50.9 cm³/mol. The van der Waals surface area contributed by atoms with Crippen molar-refractivity contribution in [2.45, 2.75) is 4.90 Å². The van der Waals surface area contributed by atoms with Gasteiger partial charge in [0, 0.05) is 4.90 Å². The van der Waals surface area contributed by atoms with Crippen LogP contribution in [0.5, 0.6) is 0 Å². The van der Waals surface area contributed by atoms with Crippen molar-refractivity contribution < 1.29 is 49.3 Å². The maximum absolute atomic E-state index is 10.4. The van der Waals surface area contributed by atoms with Crippen LogP contribution >= 0.6 is 23.2 Å². The summed E-state index contributed by atoms with van der Waals surface area (Å²) in [6.07, 6.45) is 0. The third-order valence-corrected chi connectivity index (χ3v) is 2.46. The molecule has 1 unspecified atom stereocenters. The fraction of sp³-hybridized carbons (Fsp3) is 0. The van der Waals surface area contributed by atoms with Crippen molar-refractivity contribution >= 4 is 34.3 Å². The van der Waals surface area contributed by atoms with E-state index in [9.17, 15) is 8.76 Å². The van der Waals surface area contributed by atoms with Gasteiger partial charge in [0.15, 0.2) is 0 Å². The van der Waals surface area contributed by atoms with Gasteiger partial charge in [0.05, 0.1) is 10.0 Å². The van der Waals surface area contributed by atoms with Crippen LogP contribution in [0, 0.1) is 0 Å². The molecular formula is C6H7Cl2NaO4S. The Morgan fingerprint density at radius 2 is 1.64 bits per heavy atom. The van der Waals surface area contributed by atoms with Crippen LogP contribution in [0.25, 0.3) is 0 Å². The van der Waals surface area contributed by atoms with E-state index in [4.69, 9.17) is 23.2 Å². The maximum atomic E-state index is 10.4. The Bertz CT molecular complexity index is 310. The summed E-state index contributed by atoms with van der Waals surface area (Å²) in [7, 11) is 0. The van der Waals surface area contributed by atoms with E-state index in [1.165, 1.54) is 18.2 Å². The zero-order chi connectivity index (χ0) is 8.43. The van der Waals surface area contributed by atoms with Gasteiger partial charge in [-0.2, -0.15) is 0 Å². The molecule has 1 aromatic carbocycles. The number of halogens is 2. The molecule has 1 atom stereocenters. The van der Waals surface area contributed by atoms with Crippen molar-refractivity contribution in [3.63, 3.8) is 0 Å². The minimum absolute atomic E-state index is 0. The summed E-state index contributed by atoms with van der Waals surface area (Å²) in [5.74, 6) is 0. The first-order chi connectivity index (χ1) is 5.11. The van der Waals surface area contributed by atoms with Gasteiger partial charge in [0.1, 0.15) is 0 Å². The second kappa shape index (κ2) is 9.08. The fourth-order valence-electron chi connectivity index (χ4n) is 0.581. The summed E-state index contributed by atoms with van der Waals surface area (Å²) in [5.41, 5.74) is 0. The van der Waals surface area contributed by atoms with E-state index in [0.717, 1.165) is 0 Å². The minimum Gasteiger partial charge on any atom is -0.768 e. The van der Waals surface area contributed by atoms with Gasteiger partial charge in [0.25, 0.3) is 0 Å². The Labute approximate surface area is 116 Å². The van der Waals surface area contributed by atoms with Crippen LogP contribution in [-0.2, 0) is 11.1 Å². The molecule has 0 aliphatic heterocycles. The average Bonchev–Trinajstić information content (AvgIpc) is 1.94. The van der Waals surface area contributed by atoms with Gasteiger partial charge in [-0.25, -0.2) is 0 Å². The first-order valence-corrected chi connectivity index (χ1v) is 4.48. The van der Waals surface area contributed by atoms with E-state index in [0.29, 0.717) is 5.02 Å². The van der Waals surface area contributed by atoms with E-state index in [-0.39, 0.29) is 50.4 Å². The first kappa shape index (κ1) is 20.3. The average molecular weight is 269 g/mol. The van der Waals surface area contributed by atoms with Gasteiger partial charge in [0.2, 0.25) is 0 Å². The SMILES string of the molecule is O.O.O=S([O-])c1ccc(Cl)c(Cl)c1.[Na+]. The topological polar surface area (TPSA) is 103 Å². The second-order valence-electron chi connectivity index (χ2n) is 1.81.